The Kier molecular flexibility index (Phi) is 3.40. The van der Waals surface area contributed by atoms with Crippen LogP contribution in [-0.2, 0) is 20.0 Å². The summed E-state index contributed by atoms with van der Waals surface area (Å²) in [6, 6.07) is 2.57. The average molecular weight is 303 g/mol. The molecule has 22 heavy (non-hydrogen) atoms. The van der Waals surface area contributed by atoms with E-state index in [1.54, 1.807) is 22.8 Å². The maximum absolute atomic E-state index is 13.7. The minimum Gasteiger partial charge on any atom is -0.478 e. The van der Waals surface area contributed by atoms with E-state index in [9.17, 15) is 14.0 Å². The quantitative estimate of drug-likeness (QED) is 0.911. The zero-order valence-corrected chi connectivity index (χ0v) is 11.9. The summed E-state index contributed by atoms with van der Waals surface area (Å²) in [6.07, 6.45) is 3.62. The number of aromatic carboxylic acids is 1. The largest absolute Gasteiger partial charge is 0.478 e. The monoisotopic (exact) mass is 303 g/mol. The van der Waals surface area contributed by atoms with Gasteiger partial charge in [0.2, 0.25) is 0 Å². The van der Waals surface area contributed by atoms with Crippen LogP contribution >= 0.6 is 0 Å². The number of rotatable bonds is 2. The van der Waals surface area contributed by atoms with Crippen LogP contribution in [0, 0.1) is 5.82 Å². The number of aryl methyl sites for hydroxylation is 1. The molecule has 7 heteroatoms. The highest BCUT2D eigenvalue weighted by molar-refractivity contribution is 5.94. The van der Waals surface area contributed by atoms with Crippen LogP contribution in [0.5, 0.6) is 0 Å². The molecule has 0 fully saturated rings. The third-order valence-electron chi connectivity index (χ3n) is 3.77. The smallest absolute Gasteiger partial charge is 0.338 e. The van der Waals surface area contributed by atoms with Crippen molar-refractivity contribution < 1.29 is 19.1 Å². The van der Waals surface area contributed by atoms with Crippen molar-refractivity contribution >= 4 is 11.9 Å². The highest BCUT2D eigenvalue weighted by atomic mass is 19.1. The van der Waals surface area contributed by atoms with Crippen molar-refractivity contribution in [1.29, 1.82) is 0 Å². The minimum absolute atomic E-state index is 0.167. The van der Waals surface area contributed by atoms with E-state index in [1.807, 2.05) is 0 Å². The Bertz CT molecular complexity index is 769. The van der Waals surface area contributed by atoms with Gasteiger partial charge in [0.05, 0.1) is 17.3 Å². The molecule has 1 N–H and O–H groups in total. The number of carbonyl (C=O) groups excluding carboxylic acids is 1. The number of carboxylic acid groups (broad SMARTS) is 1. The van der Waals surface area contributed by atoms with Crippen LogP contribution in [0.15, 0.2) is 24.5 Å². The minimum atomic E-state index is -1.31. The first-order valence-corrected chi connectivity index (χ1v) is 6.78. The van der Waals surface area contributed by atoms with E-state index in [4.69, 9.17) is 5.11 Å². The first-order chi connectivity index (χ1) is 10.5. The van der Waals surface area contributed by atoms with Gasteiger partial charge < -0.3 is 10.0 Å². The highest BCUT2D eigenvalue weighted by Crippen LogP contribution is 2.24. The zero-order chi connectivity index (χ0) is 15.9. The molecule has 1 aliphatic rings. The summed E-state index contributed by atoms with van der Waals surface area (Å²) in [5.74, 6) is -2.21. The maximum Gasteiger partial charge on any atom is 0.338 e. The summed E-state index contributed by atoms with van der Waals surface area (Å²) in [5, 5.41) is 13.0. The Morgan fingerprint density at radius 3 is 2.73 bits per heavy atom. The first kappa shape index (κ1) is 14.2. The number of carboxylic acids is 1. The normalized spacial score (nSPS) is 13.8. The van der Waals surface area contributed by atoms with Gasteiger partial charge in [0.15, 0.2) is 0 Å². The van der Waals surface area contributed by atoms with Gasteiger partial charge >= 0.3 is 5.97 Å². The van der Waals surface area contributed by atoms with Crippen LogP contribution in [0.2, 0.25) is 0 Å². The molecule has 1 aliphatic heterocycles. The molecule has 0 bridgehead atoms. The lowest BCUT2D eigenvalue weighted by Crippen LogP contribution is -2.36. The van der Waals surface area contributed by atoms with E-state index in [1.165, 1.54) is 18.3 Å². The number of benzene rings is 1. The summed E-state index contributed by atoms with van der Waals surface area (Å²) >= 11 is 0. The molecule has 6 nitrogen and oxygen atoms in total. The number of aromatic nitrogens is 2. The summed E-state index contributed by atoms with van der Waals surface area (Å²) in [6.45, 7) is 0.732. The molecule has 0 unspecified atom stereocenters. The van der Waals surface area contributed by atoms with Gasteiger partial charge in [-0.15, -0.1) is 0 Å². The second-order valence-corrected chi connectivity index (χ2v) is 5.29. The van der Waals surface area contributed by atoms with Gasteiger partial charge in [-0.2, -0.15) is 5.10 Å². The lowest BCUT2D eigenvalue weighted by atomic mass is 9.96. The van der Waals surface area contributed by atoms with E-state index in [-0.39, 0.29) is 18.0 Å². The molecule has 1 amide bonds. The van der Waals surface area contributed by atoms with E-state index in [0.717, 1.165) is 5.56 Å². The predicted molar refractivity (Wildman–Crippen MR) is 75.0 cm³/mol. The van der Waals surface area contributed by atoms with Gasteiger partial charge in [-0.3, -0.25) is 9.48 Å². The van der Waals surface area contributed by atoms with E-state index < -0.39 is 11.8 Å². The van der Waals surface area contributed by atoms with Crippen molar-refractivity contribution in [1.82, 2.24) is 14.7 Å². The molecule has 0 saturated carbocycles. The summed E-state index contributed by atoms with van der Waals surface area (Å²) in [4.78, 5) is 25.0. The fourth-order valence-electron chi connectivity index (χ4n) is 2.63. The van der Waals surface area contributed by atoms with Gasteiger partial charge in [0, 0.05) is 26.3 Å². The third-order valence-corrected chi connectivity index (χ3v) is 3.77. The number of hydrogen-bond acceptors (Lipinski definition) is 3. The number of fused-ring (bicyclic) bond motifs is 1. The second-order valence-electron chi connectivity index (χ2n) is 5.29. The highest BCUT2D eigenvalue weighted by Gasteiger charge is 2.25. The Morgan fingerprint density at radius 1 is 1.32 bits per heavy atom. The standard InChI is InChI=1S/C15H14FN3O3/c1-18-7-11(6-17-18)14(20)19-3-2-9-5-13(16)12(15(21)22)4-10(9)8-19/h4-7H,2-3,8H2,1H3,(H,21,22). The maximum atomic E-state index is 13.7. The average Bonchev–Trinajstić information content (AvgIpc) is 2.91. The molecule has 114 valence electrons. The lowest BCUT2D eigenvalue weighted by Gasteiger charge is -2.29. The van der Waals surface area contributed by atoms with Crippen LogP contribution in [0.4, 0.5) is 4.39 Å². The summed E-state index contributed by atoms with van der Waals surface area (Å²) in [7, 11) is 1.73. The molecule has 2 aromatic rings. The number of halogens is 1. The fourth-order valence-corrected chi connectivity index (χ4v) is 2.63. The SMILES string of the molecule is Cn1cc(C(=O)N2CCc3cc(F)c(C(=O)O)cc3C2)cn1. The van der Waals surface area contributed by atoms with Gasteiger partial charge in [-0.05, 0) is 29.7 Å². The topological polar surface area (TPSA) is 75.4 Å². The van der Waals surface area contributed by atoms with Crippen molar-refractivity contribution in [2.75, 3.05) is 6.54 Å². The van der Waals surface area contributed by atoms with Gasteiger partial charge in [0.1, 0.15) is 5.82 Å². The number of nitrogens with zero attached hydrogens (tertiary/aromatic N) is 3. The van der Waals surface area contributed by atoms with E-state index in [2.05, 4.69) is 5.10 Å². The second kappa shape index (κ2) is 5.25. The van der Waals surface area contributed by atoms with Crippen LogP contribution in [-0.4, -0.2) is 38.2 Å². The Hall–Kier alpha value is -2.70. The van der Waals surface area contributed by atoms with Crippen molar-refractivity contribution in [3.8, 4) is 0 Å². The summed E-state index contributed by atoms with van der Waals surface area (Å²) < 4.78 is 15.2. The van der Waals surface area contributed by atoms with Gasteiger partial charge in [-0.1, -0.05) is 0 Å². The van der Waals surface area contributed by atoms with Crippen molar-refractivity contribution in [2.45, 2.75) is 13.0 Å². The molecule has 0 atom stereocenters. The zero-order valence-electron chi connectivity index (χ0n) is 11.9. The number of hydrogen-bond donors (Lipinski definition) is 1. The van der Waals surface area contributed by atoms with Crippen molar-refractivity contribution in [3.05, 3.63) is 52.6 Å². The molecular weight excluding hydrogens is 289 g/mol. The first-order valence-electron chi connectivity index (χ1n) is 6.78. The summed E-state index contributed by atoms with van der Waals surface area (Å²) in [5.41, 5.74) is 1.53. The molecule has 0 aliphatic carbocycles. The van der Waals surface area contributed by atoms with E-state index >= 15 is 0 Å². The molecule has 0 radical (unpaired) electrons. The van der Waals surface area contributed by atoms with Crippen LogP contribution < -0.4 is 0 Å². The molecule has 2 heterocycles. The van der Waals surface area contributed by atoms with E-state index in [0.29, 0.717) is 24.1 Å². The third kappa shape index (κ3) is 2.45. The molecule has 0 spiro atoms. The predicted octanol–water partition coefficient (Wildman–Crippen LogP) is 1.46. The lowest BCUT2D eigenvalue weighted by molar-refractivity contribution is 0.0691. The molecular formula is C15H14FN3O3. The Morgan fingerprint density at radius 2 is 2.09 bits per heavy atom. The Balaban J connectivity index is 1.88. The van der Waals surface area contributed by atoms with Crippen LogP contribution in [0.25, 0.3) is 0 Å². The number of amides is 1. The molecule has 1 aromatic heterocycles. The van der Waals surface area contributed by atoms with Gasteiger partial charge in [0.25, 0.3) is 5.91 Å². The molecule has 3 rings (SSSR count). The molecule has 0 saturated heterocycles. The van der Waals surface area contributed by atoms with Crippen LogP contribution in [0.1, 0.15) is 31.8 Å². The molecule has 1 aromatic carbocycles. The van der Waals surface area contributed by atoms with Crippen LogP contribution in [0.3, 0.4) is 0 Å². The Labute approximate surface area is 125 Å². The van der Waals surface area contributed by atoms with Crippen molar-refractivity contribution in [2.24, 2.45) is 7.05 Å². The fraction of sp³-hybridized carbons (Fsp3) is 0.267. The van der Waals surface area contributed by atoms with Crippen molar-refractivity contribution in [3.63, 3.8) is 0 Å². The number of carbonyl (C=O) groups is 2. The van der Waals surface area contributed by atoms with Gasteiger partial charge in [-0.25, -0.2) is 9.18 Å².